The zero-order valence-corrected chi connectivity index (χ0v) is 19.9. The standard InChI is InChI=1S/C24H25ClN4O3S/c1-28(2)12-5-13-29-22(21(27-24(29)33)18-6-3-4-11-26-18)20-10-9-19(32-20)16-14-15(23(30)31)7-8-17(16)25/h3-4,6-11,14,21-22H,5,12-13H2,1-2H3,(H,27,33)(H,30,31). The molecule has 33 heavy (non-hydrogen) atoms. The van der Waals surface area contributed by atoms with E-state index in [2.05, 4.69) is 20.1 Å². The Bertz CT molecular complexity index is 1150. The molecule has 0 spiro atoms. The van der Waals surface area contributed by atoms with Gasteiger partial charge in [-0.25, -0.2) is 4.79 Å². The van der Waals surface area contributed by atoms with Crippen molar-refractivity contribution in [1.29, 1.82) is 0 Å². The molecular weight excluding hydrogens is 460 g/mol. The van der Waals surface area contributed by atoms with Crippen LogP contribution in [0, 0.1) is 0 Å². The van der Waals surface area contributed by atoms with Gasteiger partial charge in [0.25, 0.3) is 0 Å². The van der Waals surface area contributed by atoms with E-state index in [9.17, 15) is 9.90 Å². The normalized spacial score (nSPS) is 18.1. The molecule has 172 valence electrons. The lowest BCUT2D eigenvalue weighted by atomic mass is 10.0. The average molecular weight is 485 g/mol. The van der Waals surface area contributed by atoms with Crippen LogP contribution in [0.4, 0.5) is 0 Å². The van der Waals surface area contributed by atoms with Gasteiger partial charge in [0.15, 0.2) is 5.11 Å². The van der Waals surface area contributed by atoms with E-state index in [4.69, 9.17) is 28.2 Å². The van der Waals surface area contributed by atoms with E-state index in [1.54, 1.807) is 12.3 Å². The number of hydrogen-bond donors (Lipinski definition) is 2. The van der Waals surface area contributed by atoms with E-state index in [0.29, 0.717) is 27.2 Å². The van der Waals surface area contributed by atoms with Crippen molar-refractivity contribution in [2.75, 3.05) is 27.2 Å². The van der Waals surface area contributed by atoms with Gasteiger partial charge in [-0.3, -0.25) is 4.98 Å². The Balaban J connectivity index is 1.70. The van der Waals surface area contributed by atoms with Crippen molar-refractivity contribution < 1.29 is 14.3 Å². The van der Waals surface area contributed by atoms with Gasteiger partial charge in [-0.1, -0.05) is 17.7 Å². The molecule has 0 saturated carbocycles. The summed E-state index contributed by atoms with van der Waals surface area (Å²) in [6.45, 7) is 1.68. The average Bonchev–Trinajstić information content (AvgIpc) is 3.39. The van der Waals surface area contributed by atoms with Crippen LogP contribution < -0.4 is 5.32 Å². The predicted molar refractivity (Wildman–Crippen MR) is 131 cm³/mol. The fourth-order valence-corrected chi connectivity index (χ4v) is 4.56. The molecule has 0 amide bonds. The highest BCUT2D eigenvalue weighted by Crippen LogP contribution is 2.41. The smallest absolute Gasteiger partial charge is 0.335 e. The lowest BCUT2D eigenvalue weighted by Crippen LogP contribution is -2.32. The molecule has 2 aromatic heterocycles. The van der Waals surface area contributed by atoms with Gasteiger partial charge in [0.05, 0.1) is 22.3 Å². The molecule has 3 heterocycles. The molecule has 2 unspecified atom stereocenters. The predicted octanol–water partition coefficient (Wildman–Crippen LogP) is 4.62. The van der Waals surface area contributed by atoms with E-state index >= 15 is 0 Å². The molecule has 1 saturated heterocycles. The zero-order valence-electron chi connectivity index (χ0n) is 18.4. The number of carboxylic acid groups (broad SMARTS) is 1. The fraction of sp³-hybridized carbons (Fsp3) is 0.292. The second-order valence-corrected chi connectivity index (χ2v) is 8.97. The Kier molecular flexibility index (Phi) is 6.97. The van der Waals surface area contributed by atoms with Gasteiger partial charge in [0.1, 0.15) is 17.6 Å². The number of nitrogens with zero attached hydrogens (tertiary/aromatic N) is 3. The summed E-state index contributed by atoms with van der Waals surface area (Å²) in [6, 6.07) is 13.7. The molecule has 1 aliphatic heterocycles. The summed E-state index contributed by atoms with van der Waals surface area (Å²) < 4.78 is 6.27. The van der Waals surface area contributed by atoms with Crippen LogP contribution in [0.15, 0.2) is 59.1 Å². The van der Waals surface area contributed by atoms with Crippen LogP contribution in [0.3, 0.4) is 0 Å². The molecule has 2 N–H and O–H groups in total. The van der Waals surface area contributed by atoms with Crippen LogP contribution in [0.5, 0.6) is 0 Å². The minimum absolute atomic E-state index is 0.146. The van der Waals surface area contributed by atoms with Gasteiger partial charge in [-0.05, 0) is 81.7 Å². The number of hydrogen-bond acceptors (Lipinski definition) is 5. The van der Waals surface area contributed by atoms with Crippen LogP contribution in [-0.4, -0.2) is 58.2 Å². The number of nitrogens with one attached hydrogen (secondary N) is 1. The number of benzene rings is 1. The number of aromatic carboxylic acids is 1. The maximum absolute atomic E-state index is 11.4. The summed E-state index contributed by atoms with van der Waals surface area (Å²) in [5, 5.41) is 13.8. The number of thiocarbonyl (C=S) groups is 1. The van der Waals surface area contributed by atoms with Gasteiger partial charge in [0.2, 0.25) is 0 Å². The van der Waals surface area contributed by atoms with Crippen LogP contribution in [0.1, 0.15) is 40.3 Å². The van der Waals surface area contributed by atoms with Gasteiger partial charge in [-0.2, -0.15) is 0 Å². The highest BCUT2D eigenvalue weighted by Gasteiger charge is 2.41. The molecule has 4 rings (SSSR count). The summed E-state index contributed by atoms with van der Waals surface area (Å²) in [4.78, 5) is 20.2. The van der Waals surface area contributed by atoms with E-state index in [1.165, 1.54) is 12.1 Å². The maximum Gasteiger partial charge on any atom is 0.335 e. The topological polar surface area (TPSA) is 81.8 Å². The molecule has 9 heteroatoms. The minimum Gasteiger partial charge on any atom is -0.478 e. The SMILES string of the molecule is CN(C)CCCN1C(=S)NC(c2ccccn2)C1c1ccc(-c2cc(C(=O)O)ccc2Cl)o1. The van der Waals surface area contributed by atoms with E-state index in [-0.39, 0.29) is 17.6 Å². The number of halogens is 1. The van der Waals surface area contributed by atoms with E-state index in [0.717, 1.165) is 25.2 Å². The molecule has 2 atom stereocenters. The third-order valence-electron chi connectivity index (χ3n) is 5.60. The quantitative estimate of drug-likeness (QED) is 0.448. The highest BCUT2D eigenvalue weighted by atomic mass is 35.5. The highest BCUT2D eigenvalue weighted by molar-refractivity contribution is 7.80. The zero-order chi connectivity index (χ0) is 23.5. The van der Waals surface area contributed by atoms with E-state index < -0.39 is 5.97 Å². The molecule has 0 aliphatic carbocycles. The van der Waals surface area contributed by atoms with Gasteiger partial charge in [0, 0.05) is 18.3 Å². The Morgan fingerprint density at radius 3 is 2.79 bits per heavy atom. The molecule has 1 aliphatic rings. The first-order chi connectivity index (χ1) is 15.8. The number of carboxylic acids is 1. The van der Waals surface area contributed by atoms with E-state index in [1.807, 2.05) is 44.4 Å². The largest absolute Gasteiger partial charge is 0.478 e. The van der Waals surface area contributed by atoms with Crippen molar-refractivity contribution >= 4 is 34.9 Å². The van der Waals surface area contributed by atoms with Crippen LogP contribution >= 0.6 is 23.8 Å². The Labute approximate surface area is 203 Å². The monoisotopic (exact) mass is 484 g/mol. The maximum atomic E-state index is 11.4. The molecule has 0 radical (unpaired) electrons. The van der Waals surface area contributed by atoms with Crippen molar-refractivity contribution in [2.24, 2.45) is 0 Å². The second-order valence-electron chi connectivity index (χ2n) is 8.18. The lowest BCUT2D eigenvalue weighted by Gasteiger charge is -2.26. The Morgan fingerprint density at radius 2 is 2.09 bits per heavy atom. The summed E-state index contributed by atoms with van der Waals surface area (Å²) in [5.74, 6) is 0.186. The fourth-order valence-electron chi connectivity index (χ4n) is 4.02. The minimum atomic E-state index is -1.02. The second kappa shape index (κ2) is 9.91. The summed E-state index contributed by atoms with van der Waals surface area (Å²) in [5.41, 5.74) is 1.54. The van der Waals surface area contributed by atoms with Crippen molar-refractivity contribution in [3.05, 3.63) is 76.8 Å². The third-order valence-corrected chi connectivity index (χ3v) is 6.28. The van der Waals surface area contributed by atoms with Gasteiger partial charge in [-0.15, -0.1) is 0 Å². The number of pyridine rings is 1. The Morgan fingerprint density at radius 1 is 1.27 bits per heavy atom. The van der Waals surface area contributed by atoms with Gasteiger partial charge < -0.3 is 24.6 Å². The summed E-state index contributed by atoms with van der Waals surface area (Å²) in [7, 11) is 4.09. The number of aromatic nitrogens is 1. The number of furan rings is 1. The van der Waals surface area contributed by atoms with Crippen LogP contribution in [-0.2, 0) is 0 Å². The molecular formula is C24H25ClN4O3S. The van der Waals surface area contributed by atoms with Crippen LogP contribution in [0.2, 0.25) is 5.02 Å². The molecule has 1 aromatic carbocycles. The first-order valence-corrected chi connectivity index (χ1v) is 11.4. The molecule has 1 fully saturated rings. The molecule has 0 bridgehead atoms. The Hall–Kier alpha value is -2.94. The van der Waals surface area contributed by atoms with Crippen molar-refractivity contribution in [2.45, 2.75) is 18.5 Å². The number of carbonyl (C=O) groups is 1. The summed E-state index contributed by atoms with van der Waals surface area (Å²) in [6.07, 6.45) is 2.69. The summed E-state index contributed by atoms with van der Waals surface area (Å²) >= 11 is 12.1. The lowest BCUT2D eigenvalue weighted by molar-refractivity contribution is 0.0697. The molecule has 7 nitrogen and oxygen atoms in total. The van der Waals surface area contributed by atoms with Crippen molar-refractivity contribution in [3.8, 4) is 11.3 Å². The first kappa shape index (κ1) is 23.2. The number of rotatable bonds is 8. The van der Waals surface area contributed by atoms with Crippen LogP contribution in [0.25, 0.3) is 11.3 Å². The van der Waals surface area contributed by atoms with Crippen molar-refractivity contribution in [1.82, 2.24) is 20.1 Å². The third kappa shape index (κ3) is 5.03. The van der Waals surface area contributed by atoms with Gasteiger partial charge >= 0.3 is 5.97 Å². The molecule has 3 aromatic rings. The first-order valence-electron chi connectivity index (χ1n) is 10.6. The van der Waals surface area contributed by atoms with Crippen molar-refractivity contribution in [3.63, 3.8) is 0 Å².